The summed E-state index contributed by atoms with van der Waals surface area (Å²) in [5, 5.41) is 4.93. The third-order valence-corrected chi connectivity index (χ3v) is 6.99. The number of hydrogen-bond acceptors (Lipinski definition) is 4. The predicted octanol–water partition coefficient (Wildman–Crippen LogP) is 3.86. The van der Waals surface area contributed by atoms with Crippen LogP contribution >= 0.6 is 22.9 Å². The Kier molecular flexibility index (Phi) is 5.16. The highest BCUT2D eigenvalue weighted by atomic mass is 35.5. The van der Waals surface area contributed by atoms with Crippen LogP contribution in [0.3, 0.4) is 0 Å². The number of nitrogens with zero attached hydrogens (tertiary/aromatic N) is 2. The van der Waals surface area contributed by atoms with E-state index in [4.69, 9.17) is 11.6 Å². The molecule has 2 heterocycles. The number of thiophene rings is 1. The maximum absolute atomic E-state index is 13.0. The Morgan fingerprint density at radius 1 is 1.40 bits per heavy atom. The van der Waals surface area contributed by atoms with Crippen LogP contribution < -0.4 is 4.72 Å². The molecule has 0 bridgehead atoms. The smallest absolute Gasteiger partial charge is 0.267 e. The third-order valence-electron chi connectivity index (χ3n) is 3.76. The number of rotatable bonds is 7. The largest absolute Gasteiger partial charge is 0.436 e. The van der Waals surface area contributed by atoms with Crippen molar-refractivity contribution in [2.45, 2.75) is 42.1 Å². The lowest BCUT2D eigenvalue weighted by Crippen LogP contribution is -2.25. The number of alkyl halides is 3. The topological polar surface area (TPSA) is 64.0 Å². The first kappa shape index (κ1) is 18.7. The number of halogens is 4. The molecule has 1 aliphatic rings. The molecule has 0 unspecified atom stereocenters. The number of nitrogens with one attached hydrogen (secondary N) is 1. The zero-order valence-corrected chi connectivity index (χ0v) is 15.3. The van der Waals surface area contributed by atoms with E-state index in [0.29, 0.717) is 12.1 Å². The minimum Gasteiger partial charge on any atom is -0.267 e. The first-order chi connectivity index (χ1) is 11.7. The molecular formula is C14H15ClF3N3O2S2. The van der Waals surface area contributed by atoms with Gasteiger partial charge in [-0.1, -0.05) is 17.7 Å². The first-order valence-electron chi connectivity index (χ1n) is 7.56. The lowest BCUT2D eigenvalue weighted by molar-refractivity contribution is -0.141. The summed E-state index contributed by atoms with van der Waals surface area (Å²) in [6, 6.07) is 3.12. The third kappa shape index (κ3) is 4.18. The van der Waals surface area contributed by atoms with Gasteiger partial charge >= 0.3 is 6.18 Å². The molecule has 0 aliphatic heterocycles. The lowest BCUT2D eigenvalue weighted by atomic mass is 10.2. The van der Waals surface area contributed by atoms with Crippen LogP contribution in [0.15, 0.2) is 21.7 Å². The van der Waals surface area contributed by atoms with Crippen molar-refractivity contribution >= 4 is 33.0 Å². The van der Waals surface area contributed by atoms with E-state index >= 15 is 0 Å². The van der Waals surface area contributed by atoms with E-state index in [1.54, 1.807) is 11.4 Å². The van der Waals surface area contributed by atoms with E-state index in [0.717, 1.165) is 24.2 Å². The van der Waals surface area contributed by atoms with Crippen LogP contribution in [0.1, 0.15) is 36.6 Å². The highest BCUT2D eigenvalue weighted by molar-refractivity contribution is 7.91. The summed E-state index contributed by atoms with van der Waals surface area (Å²) in [5.74, 6) is -0.00101. The summed E-state index contributed by atoms with van der Waals surface area (Å²) in [4.78, 5) is 0. The number of aromatic nitrogens is 2. The molecule has 0 saturated heterocycles. The standard InChI is InChI=1S/C14H15ClF3N3O2S2/c15-11-12(9-4-5-9)21(20-13(11)14(16,17)18)7-2-6-19-25(22,23)10-3-1-8-24-10/h1,3,8-9,19H,2,4-7H2. The monoisotopic (exact) mass is 413 g/mol. The van der Waals surface area contributed by atoms with Crippen LogP contribution in [0, 0.1) is 0 Å². The van der Waals surface area contributed by atoms with Gasteiger partial charge in [-0.2, -0.15) is 18.3 Å². The van der Waals surface area contributed by atoms with Gasteiger partial charge < -0.3 is 0 Å². The maximum Gasteiger partial charge on any atom is 0.436 e. The Bertz CT molecular complexity index is 844. The molecule has 0 atom stereocenters. The predicted molar refractivity (Wildman–Crippen MR) is 88.3 cm³/mol. The molecule has 1 aliphatic carbocycles. The maximum atomic E-state index is 13.0. The average Bonchev–Trinajstić information content (AvgIpc) is 3.06. The van der Waals surface area contributed by atoms with Gasteiger partial charge in [0.1, 0.15) is 4.21 Å². The van der Waals surface area contributed by atoms with Crippen molar-refractivity contribution in [3.8, 4) is 0 Å². The summed E-state index contributed by atoms with van der Waals surface area (Å²) < 4.78 is 66.8. The first-order valence-corrected chi connectivity index (χ1v) is 10.3. The molecule has 138 valence electrons. The Morgan fingerprint density at radius 3 is 2.68 bits per heavy atom. The number of hydrogen-bond donors (Lipinski definition) is 1. The van der Waals surface area contributed by atoms with Crippen LogP contribution in [0.25, 0.3) is 0 Å². The van der Waals surface area contributed by atoms with Crippen LogP contribution in [0.4, 0.5) is 13.2 Å². The van der Waals surface area contributed by atoms with Crippen LogP contribution in [0.2, 0.25) is 5.02 Å². The zero-order valence-electron chi connectivity index (χ0n) is 12.9. The molecule has 2 aromatic heterocycles. The quantitative estimate of drug-likeness (QED) is 0.701. The van der Waals surface area contributed by atoms with E-state index < -0.39 is 21.9 Å². The fraction of sp³-hybridized carbons (Fsp3) is 0.500. The van der Waals surface area contributed by atoms with Gasteiger partial charge in [0.2, 0.25) is 10.0 Å². The fourth-order valence-electron chi connectivity index (χ4n) is 2.47. The lowest BCUT2D eigenvalue weighted by Gasteiger charge is -2.08. The second kappa shape index (κ2) is 6.90. The highest BCUT2D eigenvalue weighted by Crippen LogP contribution is 2.46. The SMILES string of the molecule is O=S(=O)(NCCCn1nc(C(F)(F)F)c(Cl)c1C1CC1)c1cccs1. The minimum absolute atomic E-state index is 0.00101. The molecule has 11 heteroatoms. The van der Waals surface area contributed by atoms with Gasteiger partial charge in [-0.05, 0) is 30.7 Å². The molecule has 1 saturated carbocycles. The summed E-state index contributed by atoms with van der Waals surface area (Å²) in [6.07, 6.45) is -2.73. The summed E-state index contributed by atoms with van der Waals surface area (Å²) in [6.45, 7) is 0.262. The molecule has 1 N–H and O–H groups in total. The van der Waals surface area contributed by atoms with E-state index in [1.165, 1.54) is 10.7 Å². The molecule has 0 radical (unpaired) electrons. The molecule has 0 aromatic carbocycles. The van der Waals surface area contributed by atoms with Gasteiger partial charge in [-0.25, -0.2) is 13.1 Å². The van der Waals surface area contributed by atoms with Gasteiger partial charge in [-0.15, -0.1) is 11.3 Å². The molecule has 0 spiro atoms. The Balaban J connectivity index is 1.65. The van der Waals surface area contributed by atoms with Crippen molar-refractivity contribution in [3.05, 3.63) is 33.9 Å². The number of sulfonamides is 1. The molecule has 0 amide bonds. The molecule has 1 fully saturated rings. The van der Waals surface area contributed by atoms with Crippen molar-refractivity contribution in [2.24, 2.45) is 0 Å². The molecular weight excluding hydrogens is 399 g/mol. The van der Waals surface area contributed by atoms with E-state index in [9.17, 15) is 21.6 Å². The second-order valence-electron chi connectivity index (χ2n) is 5.73. The minimum atomic E-state index is -4.60. The van der Waals surface area contributed by atoms with Gasteiger partial charge in [0.05, 0.1) is 10.7 Å². The van der Waals surface area contributed by atoms with Crippen LogP contribution in [0.5, 0.6) is 0 Å². The average molecular weight is 414 g/mol. The second-order valence-corrected chi connectivity index (χ2v) is 9.05. The fourth-order valence-corrected chi connectivity index (χ4v) is 4.98. The van der Waals surface area contributed by atoms with Gasteiger partial charge in [0.25, 0.3) is 0 Å². The van der Waals surface area contributed by atoms with Crippen molar-refractivity contribution in [2.75, 3.05) is 6.54 Å². The normalized spacial score (nSPS) is 15.7. The highest BCUT2D eigenvalue weighted by Gasteiger charge is 2.41. The van der Waals surface area contributed by atoms with Gasteiger partial charge in [0.15, 0.2) is 5.69 Å². The van der Waals surface area contributed by atoms with E-state index in [1.807, 2.05) is 0 Å². The van der Waals surface area contributed by atoms with E-state index in [-0.39, 0.29) is 28.2 Å². The summed E-state index contributed by atoms with van der Waals surface area (Å²) >= 11 is 6.99. The van der Waals surface area contributed by atoms with Gasteiger partial charge in [0, 0.05) is 19.0 Å². The molecule has 2 aromatic rings. The van der Waals surface area contributed by atoms with Gasteiger partial charge in [-0.3, -0.25) is 4.68 Å². The summed E-state index contributed by atoms with van der Waals surface area (Å²) in [5.41, 5.74) is -0.676. The Labute approximate surface area is 151 Å². The summed E-state index contributed by atoms with van der Waals surface area (Å²) in [7, 11) is -3.58. The molecule has 25 heavy (non-hydrogen) atoms. The van der Waals surface area contributed by atoms with Crippen LogP contribution in [-0.4, -0.2) is 24.7 Å². The van der Waals surface area contributed by atoms with Crippen molar-refractivity contribution in [1.82, 2.24) is 14.5 Å². The molecule has 3 rings (SSSR count). The van der Waals surface area contributed by atoms with Crippen molar-refractivity contribution in [3.63, 3.8) is 0 Å². The van der Waals surface area contributed by atoms with Crippen molar-refractivity contribution < 1.29 is 21.6 Å². The number of aryl methyl sites for hydroxylation is 1. The van der Waals surface area contributed by atoms with Crippen molar-refractivity contribution in [1.29, 1.82) is 0 Å². The molecule has 5 nitrogen and oxygen atoms in total. The zero-order chi connectivity index (χ0) is 18.2. The Hall–Kier alpha value is -1.10. The van der Waals surface area contributed by atoms with Crippen LogP contribution in [-0.2, 0) is 22.7 Å². The van der Waals surface area contributed by atoms with E-state index in [2.05, 4.69) is 9.82 Å². The Morgan fingerprint density at radius 2 is 2.12 bits per heavy atom.